The van der Waals surface area contributed by atoms with Gasteiger partial charge >= 0.3 is 6.18 Å². The topological polar surface area (TPSA) is 116 Å². The van der Waals surface area contributed by atoms with Gasteiger partial charge in [-0.05, 0) is 24.3 Å². The van der Waals surface area contributed by atoms with Gasteiger partial charge in [-0.15, -0.1) is 0 Å². The summed E-state index contributed by atoms with van der Waals surface area (Å²) in [4.78, 5) is 16.8. The van der Waals surface area contributed by atoms with E-state index in [9.17, 15) is 21.6 Å². The Morgan fingerprint density at radius 3 is 2.51 bits per heavy atom. The first-order valence-electron chi connectivity index (χ1n) is 10.9. The highest BCUT2D eigenvalue weighted by Gasteiger charge is 2.37. The molecule has 10 nitrogen and oxygen atoms in total. The van der Waals surface area contributed by atoms with Crippen LogP contribution in [0.3, 0.4) is 0 Å². The molecule has 0 spiro atoms. The zero-order valence-corrected chi connectivity index (χ0v) is 19.2. The molecule has 1 fully saturated rings. The monoisotopic (exact) mass is 509 g/mol. The van der Waals surface area contributed by atoms with Crippen LogP contribution in [0.2, 0.25) is 0 Å². The predicted octanol–water partition coefficient (Wildman–Crippen LogP) is 2.55. The van der Waals surface area contributed by atoms with Crippen LogP contribution in [-0.4, -0.2) is 65.5 Å². The fourth-order valence-corrected chi connectivity index (χ4v) is 5.45. The third-order valence-corrected chi connectivity index (χ3v) is 7.78. The third-order valence-electron chi connectivity index (χ3n) is 5.87. The zero-order chi connectivity index (χ0) is 24.6. The SMILES string of the molecule is O=S(=O)(c1ccc(Nc2ncc(C(F)(F)F)c(N3CCc4nc[nH]c4C3)n2)cc1)N1CCOCC1. The van der Waals surface area contributed by atoms with Gasteiger partial charge in [-0.1, -0.05) is 0 Å². The van der Waals surface area contributed by atoms with E-state index in [1.807, 2.05) is 0 Å². The molecule has 35 heavy (non-hydrogen) atoms. The van der Waals surface area contributed by atoms with Gasteiger partial charge in [0.05, 0.1) is 42.4 Å². The summed E-state index contributed by atoms with van der Waals surface area (Å²) in [5.41, 5.74) is 1.08. The average molecular weight is 510 g/mol. The van der Waals surface area contributed by atoms with E-state index in [0.29, 0.717) is 31.9 Å². The first-order chi connectivity index (χ1) is 16.7. The number of fused-ring (bicyclic) bond motifs is 1. The maximum atomic E-state index is 13.7. The number of benzene rings is 1. The van der Waals surface area contributed by atoms with Crippen LogP contribution in [0.1, 0.15) is 17.0 Å². The van der Waals surface area contributed by atoms with Crippen molar-refractivity contribution in [3.63, 3.8) is 0 Å². The largest absolute Gasteiger partial charge is 0.421 e. The first kappa shape index (κ1) is 23.5. The molecular weight excluding hydrogens is 487 g/mol. The van der Waals surface area contributed by atoms with Crippen LogP contribution in [0.5, 0.6) is 0 Å². The predicted molar refractivity (Wildman–Crippen MR) is 120 cm³/mol. The molecule has 2 aliphatic heterocycles. The van der Waals surface area contributed by atoms with Crippen molar-refractivity contribution in [2.75, 3.05) is 43.1 Å². The number of anilines is 3. The lowest BCUT2D eigenvalue weighted by atomic mass is 10.1. The number of halogens is 3. The van der Waals surface area contributed by atoms with Crippen molar-refractivity contribution in [1.29, 1.82) is 0 Å². The molecule has 4 heterocycles. The maximum absolute atomic E-state index is 13.7. The summed E-state index contributed by atoms with van der Waals surface area (Å²) in [6, 6.07) is 5.91. The van der Waals surface area contributed by atoms with Gasteiger partial charge in [0.1, 0.15) is 11.4 Å². The Bertz CT molecular complexity index is 1310. The molecule has 186 valence electrons. The smallest absolute Gasteiger partial charge is 0.379 e. The molecule has 5 rings (SSSR count). The van der Waals surface area contributed by atoms with E-state index in [1.165, 1.54) is 39.8 Å². The Hall–Kier alpha value is -3.23. The van der Waals surface area contributed by atoms with E-state index in [-0.39, 0.29) is 36.3 Å². The van der Waals surface area contributed by atoms with Crippen molar-refractivity contribution >= 4 is 27.5 Å². The molecule has 2 aromatic heterocycles. The van der Waals surface area contributed by atoms with E-state index in [1.54, 1.807) is 0 Å². The molecule has 0 aliphatic carbocycles. The molecule has 0 bridgehead atoms. The molecule has 0 radical (unpaired) electrons. The molecule has 0 unspecified atom stereocenters. The molecule has 0 saturated carbocycles. The minimum Gasteiger partial charge on any atom is -0.379 e. The molecule has 1 saturated heterocycles. The summed E-state index contributed by atoms with van der Waals surface area (Å²) in [6.45, 7) is 1.77. The number of nitrogens with zero attached hydrogens (tertiary/aromatic N) is 5. The minimum absolute atomic E-state index is 0.0350. The second kappa shape index (κ2) is 9.09. The van der Waals surface area contributed by atoms with Gasteiger partial charge < -0.3 is 19.9 Å². The molecule has 0 amide bonds. The number of aromatic amines is 1. The lowest BCUT2D eigenvalue weighted by Gasteiger charge is -2.29. The van der Waals surface area contributed by atoms with Crippen molar-refractivity contribution in [1.82, 2.24) is 24.2 Å². The lowest BCUT2D eigenvalue weighted by molar-refractivity contribution is -0.137. The summed E-state index contributed by atoms with van der Waals surface area (Å²) < 4.78 is 73.2. The summed E-state index contributed by atoms with van der Waals surface area (Å²) in [6.07, 6.45) is -1.86. The summed E-state index contributed by atoms with van der Waals surface area (Å²) in [7, 11) is -3.66. The first-order valence-corrected chi connectivity index (χ1v) is 12.3. The van der Waals surface area contributed by atoms with Crippen molar-refractivity contribution in [3.8, 4) is 0 Å². The van der Waals surface area contributed by atoms with Crippen LogP contribution < -0.4 is 10.2 Å². The number of imidazole rings is 1. The van der Waals surface area contributed by atoms with Crippen molar-refractivity contribution in [2.24, 2.45) is 0 Å². The minimum atomic E-state index is -4.63. The van der Waals surface area contributed by atoms with Crippen LogP contribution in [0, 0.1) is 0 Å². The number of alkyl halides is 3. The van der Waals surface area contributed by atoms with Crippen LogP contribution >= 0.6 is 0 Å². The molecule has 2 N–H and O–H groups in total. The molecule has 14 heteroatoms. The summed E-state index contributed by atoms with van der Waals surface area (Å²) in [5.74, 6) is -0.269. The summed E-state index contributed by atoms with van der Waals surface area (Å²) in [5, 5.41) is 2.87. The fraction of sp³-hybridized carbons (Fsp3) is 0.381. The quantitative estimate of drug-likeness (QED) is 0.539. The van der Waals surface area contributed by atoms with Gasteiger partial charge in [-0.25, -0.2) is 18.4 Å². The molecule has 2 aliphatic rings. The fourth-order valence-electron chi connectivity index (χ4n) is 4.04. The van der Waals surface area contributed by atoms with Crippen molar-refractivity contribution < 1.29 is 26.3 Å². The Labute approximate surface area is 199 Å². The number of morpholine rings is 1. The van der Waals surface area contributed by atoms with E-state index in [4.69, 9.17) is 4.74 Å². The number of rotatable bonds is 5. The van der Waals surface area contributed by atoms with Crippen molar-refractivity contribution in [3.05, 3.63) is 53.7 Å². The van der Waals surface area contributed by atoms with E-state index >= 15 is 0 Å². The van der Waals surface area contributed by atoms with Gasteiger partial charge in [-0.3, -0.25) is 0 Å². The Morgan fingerprint density at radius 1 is 1.06 bits per heavy atom. The highest BCUT2D eigenvalue weighted by atomic mass is 32.2. The number of hydrogen-bond donors (Lipinski definition) is 2. The standard InChI is InChI=1S/C21H22F3N7O3S/c22-21(23,24)16-11-25-20(29-19(16)30-6-5-17-18(12-30)27-13-26-17)28-14-1-3-15(4-2-14)35(32,33)31-7-9-34-10-8-31/h1-4,11,13H,5-10,12H2,(H,26,27)(H,25,28,29). The van der Waals surface area contributed by atoms with Gasteiger partial charge in [0, 0.05) is 37.9 Å². The number of H-pyrrole nitrogens is 1. The Kier molecular flexibility index (Phi) is 6.11. The van der Waals surface area contributed by atoms with Crippen LogP contribution in [-0.2, 0) is 33.9 Å². The molecular formula is C21H22F3N7O3S. The lowest BCUT2D eigenvalue weighted by Crippen LogP contribution is -2.40. The van der Waals surface area contributed by atoms with E-state index in [2.05, 4.69) is 25.3 Å². The Balaban J connectivity index is 1.38. The van der Waals surface area contributed by atoms with Gasteiger partial charge in [0.25, 0.3) is 0 Å². The number of ether oxygens (including phenoxy) is 1. The maximum Gasteiger partial charge on any atom is 0.421 e. The second-order valence-electron chi connectivity index (χ2n) is 8.09. The third kappa shape index (κ3) is 4.81. The average Bonchev–Trinajstić information content (AvgIpc) is 3.32. The van der Waals surface area contributed by atoms with Gasteiger partial charge in [0.2, 0.25) is 16.0 Å². The van der Waals surface area contributed by atoms with E-state index < -0.39 is 21.8 Å². The van der Waals surface area contributed by atoms with Gasteiger partial charge in [-0.2, -0.15) is 22.5 Å². The normalized spacial score (nSPS) is 17.3. The van der Waals surface area contributed by atoms with Crippen molar-refractivity contribution in [2.45, 2.75) is 24.0 Å². The number of sulfonamides is 1. The number of hydrogen-bond acceptors (Lipinski definition) is 8. The van der Waals surface area contributed by atoms with E-state index in [0.717, 1.165) is 17.6 Å². The highest BCUT2D eigenvalue weighted by molar-refractivity contribution is 7.89. The van der Waals surface area contributed by atoms with Gasteiger partial charge in [0.15, 0.2) is 0 Å². The second-order valence-corrected chi connectivity index (χ2v) is 10.0. The zero-order valence-electron chi connectivity index (χ0n) is 18.4. The number of nitrogens with one attached hydrogen (secondary N) is 2. The van der Waals surface area contributed by atoms with Crippen LogP contribution in [0.25, 0.3) is 0 Å². The molecule has 3 aromatic rings. The van der Waals surface area contributed by atoms with Crippen LogP contribution in [0.4, 0.5) is 30.6 Å². The molecule has 0 atom stereocenters. The Morgan fingerprint density at radius 2 is 1.80 bits per heavy atom. The number of aromatic nitrogens is 4. The van der Waals surface area contributed by atoms with Crippen LogP contribution in [0.15, 0.2) is 41.7 Å². The molecule has 1 aromatic carbocycles. The summed E-state index contributed by atoms with van der Waals surface area (Å²) >= 11 is 0. The highest BCUT2D eigenvalue weighted by Crippen LogP contribution is 2.37.